The molecule has 1 aliphatic rings. The van der Waals surface area contributed by atoms with Crippen molar-refractivity contribution in [1.82, 2.24) is 4.98 Å². The number of aromatic nitrogens is 1. The minimum absolute atomic E-state index is 0.355. The number of hydrogen-bond donors (Lipinski definition) is 0. The number of nitrogens with zero attached hydrogens (tertiary/aromatic N) is 1. The molecule has 0 saturated carbocycles. The molecule has 0 aromatic carbocycles. The molecule has 0 aliphatic carbocycles. The maximum atomic E-state index is 11.3. The number of pyridine rings is 1. The third-order valence-electron chi connectivity index (χ3n) is 2.34. The van der Waals surface area contributed by atoms with Gasteiger partial charge in [0.1, 0.15) is 0 Å². The van der Waals surface area contributed by atoms with E-state index in [2.05, 4.69) is 25.7 Å². The topological polar surface area (TPSA) is 48.4 Å². The predicted molar refractivity (Wildman–Crippen MR) is 56.8 cm³/mol. The molecule has 0 spiro atoms. The van der Waals surface area contributed by atoms with Gasteiger partial charge in [0.05, 0.1) is 25.9 Å². The van der Waals surface area contributed by atoms with Crippen molar-refractivity contribution in [1.29, 1.82) is 0 Å². The first kappa shape index (κ1) is 10.6. The van der Waals surface area contributed by atoms with Crippen LogP contribution in [0.3, 0.4) is 0 Å². The van der Waals surface area contributed by atoms with Crippen LogP contribution in [0, 0.1) is 0 Å². The van der Waals surface area contributed by atoms with Gasteiger partial charge in [-0.25, -0.2) is 4.79 Å². The van der Waals surface area contributed by atoms with Gasteiger partial charge in [-0.2, -0.15) is 0 Å². The zero-order valence-corrected chi connectivity index (χ0v) is 9.78. The van der Waals surface area contributed by atoms with Crippen LogP contribution in [0.2, 0.25) is 0 Å². The van der Waals surface area contributed by atoms with Gasteiger partial charge in [0.15, 0.2) is 0 Å². The lowest BCUT2D eigenvalue weighted by molar-refractivity contribution is 0.00667. The summed E-state index contributed by atoms with van der Waals surface area (Å²) >= 11 is 3.33. The Labute approximate surface area is 95.7 Å². The van der Waals surface area contributed by atoms with E-state index in [1.165, 1.54) is 13.3 Å². The van der Waals surface area contributed by atoms with Crippen LogP contribution in [0.15, 0.2) is 16.7 Å². The smallest absolute Gasteiger partial charge is 0.340 e. The summed E-state index contributed by atoms with van der Waals surface area (Å²) in [4.78, 5) is 15.5. The van der Waals surface area contributed by atoms with Crippen molar-refractivity contribution in [2.75, 3.05) is 20.3 Å². The van der Waals surface area contributed by atoms with Crippen molar-refractivity contribution in [3.63, 3.8) is 0 Å². The summed E-state index contributed by atoms with van der Waals surface area (Å²) in [5, 5.41) is 0. The first-order chi connectivity index (χ1) is 7.22. The molecule has 5 heteroatoms. The number of hydrogen-bond acceptors (Lipinski definition) is 4. The first-order valence-corrected chi connectivity index (χ1v) is 5.33. The van der Waals surface area contributed by atoms with E-state index in [1.807, 2.05) is 6.07 Å². The Bertz CT molecular complexity index is 390. The van der Waals surface area contributed by atoms with E-state index < -0.39 is 0 Å². The summed E-state index contributed by atoms with van der Waals surface area (Å²) in [6.45, 7) is 1.41. The van der Waals surface area contributed by atoms with Gasteiger partial charge in [0, 0.05) is 22.3 Å². The molecule has 0 bridgehead atoms. The third kappa shape index (κ3) is 2.03. The van der Waals surface area contributed by atoms with Gasteiger partial charge in [-0.05, 0) is 22.0 Å². The molecule has 1 aromatic rings. The van der Waals surface area contributed by atoms with Gasteiger partial charge in [0.2, 0.25) is 0 Å². The SMILES string of the molecule is COC(=O)c1cnc(C2COC2)cc1Br. The van der Waals surface area contributed by atoms with Crippen LogP contribution < -0.4 is 0 Å². The van der Waals surface area contributed by atoms with Gasteiger partial charge in [-0.3, -0.25) is 4.98 Å². The molecular formula is C10H10BrNO3. The second-order valence-electron chi connectivity index (χ2n) is 3.31. The van der Waals surface area contributed by atoms with Gasteiger partial charge >= 0.3 is 5.97 Å². The highest BCUT2D eigenvalue weighted by Crippen LogP contribution is 2.26. The maximum absolute atomic E-state index is 11.3. The summed E-state index contributed by atoms with van der Waals surface area (Å²) in [5.41, 5.74) is 1.39. The molecule has 0 amide bonds. The number of carbonyl (C=O) groups is 1. The molecule has 0 atom stereocenters. The highest BCUT2D eigenvalue weighted by Gasteiger charge is 2.23. The fourth-order valence-electron chi connectivity index (χ4n) is 1.34. The molecule has 2 heterocycles. The van der Waals surface area contributed by atoms with Crippen LogP contribution in [0.4, 0.5) is 0 Å². The number of methoxy groups -OCH3 is 1. The molecule has 4 nitrogen and oxygen atoms in total. The van der Waals surface area contributed by atoms with Crippen LogP contribution in [-0.4, -0.2) is 31.3 Å². The van der Waals surface area contributed by atoms with Crippen molar-refractivity contribution >= 4 is 21.9 Å². The normalized spacial score (nSPS) is 15.9. The predicted octanol–water partition coefficient (Wildman–Crippen LogP) is 1.74. The van der Waals surface area contributed by atoms with E-state index in [0.29, 0.717) is 29.2 Å². The second kappa shape index (κ2) is 4.28. The Morgan fingerprint density at radius 2 is 2.40 bits per heavy atom. The van der Waals surface area contributed by atoms with E-state index >= 15 is 0 Å². The minimum Gasteiger partial charge on any atom is -0.465 e. The number of rotatable bonds is 2. The summed E-state index contributed by atoms with van der Waals surface area (Å²) in [7, 11) is 1.35. The largest absolute Gasteiger partial charge is 0.465 e. The van der Waals surface area contributed by atoms with E-state index in [1.54, 1.807) is 0 Å². The Morgan fingerprint density at radius 1 is 1.67 bits per heavy atom. The van der Waals surface area contributed by atoms with Crippen LogP contribution in [0.1, 0.15) is 22.0 Å². The molecule has 15 heavy (non-hydrogen) atoms. The highest BCUT2D eigenvalue weighted by molar-refractivity contribution is 9.10. The molecule has 2 rings (SSSR count). The third-order valence-corrected chi connectivity index (χ3v) is 2.99. The van der Waals surface area contributed by atoms with E-state index in [0.717, 1.165) is 5.69 Å². The highest BCUT2D eigenvalue weighted by atomic mass is 79.9. The molecule has 80 valence electrons. The Kier molecular flexibility index (Phi) is 3.02. The molecule has 0 radical (unpaired) electrons. The van der Waals surface area contributed by atoms with Crippen LogP contribution >= 0.6 is 15.9 Å². The summed E-state index contributed by atoms with van der Waals surface area (Å²) in [6, 6.07) is 1.85. The van der Waals surface area contributed by atoms with Crippen molar-refractivity contribution in [2.45, 2.75) is 5.92 Å². The van der Waals surface area contributed by atoms with Crippen LogP contribution in [-0.2, 0) is 9.47 Å². The average molecular weight is 272 g/mol. The molecule has 1 saturated heterocycles. The summed E-state index contributed by atoms with van der Waals surface area (Å²) in [6.07, 6.45) is 1.53. The number of esters is 1. The Balaban J connectivity index is 2.25. The Morgan fingerprint density at radius 3 is 2.87 bits per heavy atom. The Hall–Kier alpha value is -0.940. The number of halogens is 1. The zero-order chi connectivity index (χ0) is 10.8. The quantitative estimate of drug-likeness (QED) is 0.769. The number of carbonyl (C=O) groups excluding carboxylic acids is 1. The van der Waals surface area contributed by atoms with Crippen LogP contribution in [0.5, 0.6) is 0 Å². The van der Waals surface area contributed by atoms with Crippen molar-refractivity contribution < 1.29 is 14.3 Å². The lowest BCUT2D eigenvalue weighted by Crippen LogP contribution is -2.26. The minimum atomic E-state index is -0.384. The summed E-state index contributed by atoms with van der Waals surface area (Å²) in [5.74, 6) is -0.0289. The fourth-order valence-corrected chi connectivity index (χ4v) is 1.83. The standard InChI is InChI=1S/C10H10BrNO3/c1-14-10(13)7-3-12-9(2-8(7)11)6-4-15-5-6/h2-3,6H,4-5H2,1H3. The molecule has 1 aromatic heterocycles. The van der Waals surface area contributed by atoms with Gasteiger partial charge in [0.25, 0.3) is 0 Å². The van der Waals surface area contributed by atoms with Crippen molar-refractivity contribution in [2.24, 2.45) is 0 Å². The maximum Gasteiger partial charge on any atom is 0.340 e. The molecular weight excluding hydrogens is 262 g/mol. The van der Waals surface area contributed by atoms with E-state index in [-0.39, 0.29) is 5.97 Å². The molecule has 1 aliphatic heterocycles. The lowest BCUT2D eigenvalue weighted by atomic mass is 10.0. The first-order valence-electron chi connectivity index (χ1n) is 4.54. The average Bonchev–Trinajstić information content (AvgIpc) is 2.14. The van der Waals surface area contributed by atoms with Gasteiger partial charge in [-0.1, -0.05) is 0 Å². The van der Waals surface area contributed by atoms with Gasteiger partial charge < -0.3 is 9.47 Å². The second-order valence-corrected chi connectivity index (χ2v) is 4.17. The molecule has 0 unspecified atom stereocenters. The van der Waals surface area contributed by atoms with E-state index in [4.69, 9.17) is 4.74 Å². The monoisotopic (exact) mass is 271 g/mol. The van der Waals surface area contributed by atoms with Crippen LogP contribution in [0.25, 0.3) is 0 Å². The van der Waals surface area contributed by atoms with Gasteiger partial charge in [-0.15, -0.1) is 0 Å². The van der Waals surface area contributed by atoms with Crippen molar-refractivity contribution in [3.8, 4) is 0 Å². The fraction of sp³-hybridized carbons (Fsp3) is 0.400. The summed E-state index contributed by atoms with van der Waals surface area (Å²) < 4.78 is 10.4. The van der Waals surface area contributed by atoms with Crippen molar-refractivity contribution in [3.05, 3.63) is 28.0 Å². The molecule has 1 fully saturated rings. The lowest BCUT2D eigenvalue weighted by Gasteiger charge is -2.25. The number of ether oxygens (including phenoxy) is 2. The zero-order valence-electron chi connectivity index (χ0n) is 8.20. The van der Waals surface area contributed by atoms with E-state index in [9.17, 15) is 4.79 Å². The molecule has 0 N–H and O–H groups in total.